The van der Waals surface area contributed by atoms with Crippen molar-refractivity contribution < 1.29 is 19.1 Å². The number of ether oxygens (including phenoxy) is 1. The fraction of sp³-hybridized carbons (Fsp3) is 0.450. The maximum atomic E-state index is 13.2. The molecular formula is C20H26N2O4S. The van der Waals surface area contributed by atoms with Crippen LogP contribution in [0.5, 0.6) is 0 Å². The molecule has 0 aliphatic carbocycles. The molecule has 0 radical (unpaired) electrons. The zero-order valence-electron chi connectivity index (χ0n) is 16.6. The third-order valence-corrected chi connectivity index (χ3v) is 5.33. The first-order chi connectivity index (χ1) is 12.7. The number of amides is 1. The van der Waals surface area contributed by atoms with Gasteiger partial charge in [-0.3, -0.25) is 9.59 Å². The number of rotatable bonds is 7. The van der Waals surface area contributed by atoms with E-state index in [-0.39, 0.29) is 23.3 Å². The average molecular weight is 391 g/mol. The number of H-pyrrole nitrogens is 1. The summed E-state index contributed by atoms with van der Waals surface area (Å²) in [6.45, 7) is 9.68. The van der Waals surface area contributed by atoms with E-state index >= 15 is 0 Å². The van der Waals surface area contributed by atoms with Crippen LogP contribution in [0.15, 0.2) is 17.5 Å². The van der Waals surface area contributed by atoms with Gasteiger partial charge in [0.05, 0.1) is 18.0 Å². The summed E-state index contributed by atoms with van der Waals surface area (Å²) in [5.74, 6) is -0.653. The highest BCUT2D eigenvalue weighted by molar-refractivity contribution is 7.12. The molecule has 0 fully saturated rings. The Labute approximate surface area is 163 Å². The first-order valence-electron chi connectivity index (χ1n) is 8.85. The van der Waals surface area contributed by atoms with Crippen molar-refractivity contribution in [3.8, 4) is 0 Å². The van der Waals surface area contributed by atoms with Crippen molar-refractivity contribution in [2.45, 2.75) is 40.7 Å². The van der Waals surface area contributed by atoms with Crippen LogP contribution in [0.25, 0.3) is 0 Å². The number of ketones is 1. The highest BCUT2D eigenvalue weighted by Gasteiger charge is 2.32. The second-order valence-electron chi connectivity index (χ2n) is 6.99. The Balaban J connectivity index is 2.39. The molecule has 0 aliphatic heterocycles. The number of hydrogen-bond acceptors (Lipinski definition) is 5. The van der Waals surface area contributed by atoms with Crippen LogP contribution >= 0.6 is 11.3 Å². The van der Waals surface area contributed by atoms with Crippen LogP contribution in [0.1, 0.15) is 62.5 Å². The van der Waals surface area contributed by atoms with Crippen LogP contribution < -0.4 is 0 Å². The molecule has 2 aromatic heterocycles. The van der Waals surface area contributed by atoms with E-state index in [9.17, 15) is 14.4 Å². The minimum Gasteiger partial charge on any atom is -0.464 e. The summed E-state index contributed by atoms with van der Waals surface area (Å²) in [6, 6.07) is 2.93. The summed E-state index contributed by atoms with van der Waals surface area (Å²) in [7, 11) is 1.30. The van der Waals surface area contributed by atoms with Crippen molar-refractivity contribution in [1.29, 1.82) is 0 Å². The fourth-order valence-corrected chi connectivity index (χ4v) is 3.81. The standard InChI is InChI=1S/C20H26N2O4S/c1-11(2)10-22(19(24)15-8-7-9-27-15)14(5)18(23)16-12(3)17(20(25)26-6)21-13(16)4/h7-9,11,14,21H,10H2,1-6H3/t14-/m1/s1. The van der Waals surface area contributed by atoms with Crippen LogP contribution in [0.4, 0.5) is 0 Å². The molecular weight excluding hydrogens is 364 g/mol. The van der Waals surface area contributed by atoms with Gasteiger partial charge < -0.3 is 14.6 Å². The van der Waals surface area contributed by atoms with Gasteiger partial charge in [-0.2, -0.15) is 0 Å². The smallest absolute Gasteiger partial charge is 0.354 e. The summed E-state index contributed by atoms with van der Waals surface area (Å²) in [5, 5.41) is 1.84. The number of carbonyl (C=O) groups is 3. The molecule has 0 unspecified atom stereocenters. The van der Waals surface area contributed by atoms with Gasteiger partial charge in [0.25, 0.3) is 5.91 Å². The highest BCUT2D eigenvalue weighted by atomic mass is 32.1. The number of carbonyl (C=O) groups excluding carboxylic acids is 3. The maximum Gasteiger partial charge on any atom is 0.354 e. The zero-order valence-corrected chi connectivity index (χ0v) is 17.4. The Morgan fingerprint density at radius 1 is 1.22 bits per heavy atom. The Hall–Kier alpha value is -2.41. The van der Waals surface area contributed by atoms with Crippen LogP contribution in [-0.2, 0) is 4.74 Å². The fourth-order valence-electron chi connectivity index (χ4n) is 3.13. The number of thiophene rings is 1. The lowest BCUT2D eigenvalue weighted by Gasteiger charge is -2.29. The topological polar surface area (TPSA) is 79.5 Å². The van der Waals surface area contributed by atoms with Gasteiger partial charge in [0.2, 0.25) is 0 Å². The molecule has 1 N–H and O–H groups in total. The van der Waals surface area contributed by atoms with E-state index in [1.165, 1.54) is 18.4 Å². The van der Waals surface area contributed by atoms with Crippen molar-refractivity contribution in [3.63, 3.8) is 0 Å². The first-order valence-corrected chi connectivity index (χ1v) is 9.73. The first kappa shape index (κ1) is 20.9. The Morgan fingerprint density at radius 2 is 1.89 bits per heavy atom. The molecule has 0 saturated heterocycles. The van der Waals surface area contributed by atoms with E-state index in [1.807, 2.05) is 25.3 Å². The van der Waals surface area contributed by atoms with E-state index in [0.717, 1.165) is 0 Å². The predicted octanol–water partition coefficient (Wildman–Crippen LogP) is 3.85. The number of aromatic amines is 1. The van der Waals surface area contributed by atoms with Crippen molar-refractivity contribution in [3.05, 3.63) is 44.9 Å². The van der Waals surface area contributed by atoms with Gasteiger partial charge >= 0.3 is 5.97 Å². The molecule has 1 atom stereocenters. The van der Waals surface area contributed by atoms with Crippen LogP contribution in [0.2, 0.25) is 0 Å². The van der Waals surface area contributed by atoms with Crippen LogP contribution in [-0.4, -0.2) is 47.2 Å². The largest absolute Gasteiger partial charge is 0.464 e. The minimum atomic E-state index is -0.652. The molecule has 27 heavy (non-hydrogen) atoms. The zero-order chi connectivity index (χ0) is 20.3. The second-order valence-corrected chi connectivity index (χ2v) is 7.93. The number of esters is 1. The summed E-state index contributed by atoms with van der Waals surface area (Å²) in [4.78, 5) is 43.3. The molecule has 6 nitrogen and oxygen atoms in total. The maximum absolute atomic E-state index is 13.2. The summed E-state index contributed by atoms with van der Waals surface area (Å²) in [6.07, 6.45) is 0. The Morgan fingerprint density at radius 3 is 2.41 bits per heavy atom. The van der Waals surface area contributed by atoms with Crippen molar-refractivity contribution in [2.24, 2.45) is 5.92 Å². The summed E-state index contributed by atoms with van der Waals surface area (Å²) < 4.78 is 4.77. The van der Waals surface area contributed by atoms with E-state index in [0.29, 0.717) is 28.2 Å². The molecule has 2 heterocycles. The predicted molar refractivity (Wildman–Crippen MR) is 106 cm³/mol. The number of hydrogen-bond donors (Lipinski definition) is 1. The molecule has 2 rings (SSSR count). The molecule has 0 aliphatic rings. The van der Waals surface area contributed by atoms with Crippen LogP contribution in [0, 0.1) is 19.8 Å². The normalized spacial score (nSPS) is 12.1. The lowest BCUT2D eigenvalue weighted by Crippen LogP contribution is -2.45. The summed E-state index contributed by atoms with van der Waals surface area (Å²) >= 11 is 1.36. The van der Waals surface area contributed by atoms with Crippen molar-refractivity contribution in [2.75, 3.05) is 13.7 Å². The van der Waals surface area contributed by atoms with Crippen molar-refractivity contribution >= 4 is 29.0 Å². The highest BCUT2D eigenvalue weighted by Crippen LogP contribution is 2.24. The number of nitrogens with one attached hydrogen (secondary N) is 1. The molecule has 1 amide bonds. The minimum absolute atomic E-state index is 0.154. The van der Waals surface area contributed by atoms with Gasteiger partial charge in [-0.25, -0.2) is 4.79 Å². The lowest BCUT2D eigenvalue weighted by atomic mass is 9.99. The quantitative estimate of drug-likeness (QED) is 0.575. The van der Waals surface area contributed by atoms with Gasteiger partial charge in [0.15, 0.2) is 5.78 Å². The van der Waals surface area contributed by atoms with E-state index in [2.05, 4.69) is 4.98 Å². The van der Waals surface area contributed by atoms with Gasteiger partial charge in [-0.05, 0) is 43.7 Å². The third-order valence-electron chi connectivity index (χ3n) is 4.48. The Bertz CT molecular complexity index is 837. The third kappa shape index (κ3) is 4.30. The van der Waals surface area contributed by atoms with Gasteiger partial charge in [-0.15, -0.1) is 11.3 Å². The molecule has 0 saturated carbocycles. The van der Waals surface area contributed by atoms with Crippen LogP contribution in [0.3, 0.4) is 0 Å². The molecule has 7 heteroatoms. The van der Waals surface area contributed by atoms with Gasteiger partial charge in [-0.1, -0.05) is 19.9 Å². The molecule has 0 spiro atoms. The van der Waals surface area contributed by atoms with E-state index < -0.39 is 12.0 Å². The van der Waals surface area contributed by atoms with E-state index in [4.69, 9.17) is 4.74 Å². The molecule has 0 aromatic carbocycles. The SMILES string of the molecule is COC(=O)c1[nH]c(C)c(C(=O)[C@@H](C)N(CC(C)C)C(=O)c2cccs2)c1C. The van der Waals surface area contributed by atoms with Gasteiger partial charge in [0.1, 0.15) is 5.69 Å². The number of methoxy groups -OCH3 is 1. The monoisotopic (exact) mass is 390 g/mol. The average Bonchev–Trinajstić information content (AvgIpc) is 3.25. The van der Waals surface area contributed by atoms with E-state index in [1.54, 1.807) is 31.7 Å². The molecule has 2 aromatic rings. The number of aryl methyl sites for hydroxylation is 1. The van der Waals surface area contributed by atoms with Crippen molar-refractivity contribution in [1.82, 2.24) is 9.88 Å². The molecule has 146 valence electrons. The second kappa shape index (κ2) is 8.52. The number of nitrogens with zero attached hydrogens (tertiary/aromatic N) is 1. The summed E-state index contributed by atoms with van der Waals surface area (Å²) in [5.41, 5.74) is 1.85. The Kier molecular flexibility index (Phi) is 6.59. The van der Waals surface area contributed by atoms with Gasteiger partial charge in [0, 0.05) is 17.8 Å². The number of Topliss-reactive ketones (excluding diaryl/α,β-unsaturated/α-hetero) is 1. The lowest BCUT2D eigenvalue weighted by molar-refractivity contribution is 0.0591. The molecule has 0 bridgehead atoms. The number of aromatic nitrogens is 1.